The molecule has 1 aromatic carbocycles. The number of nitrogens with two attached hydrogens (primary N) is 1. The van der Waals surface area contributed by atoms with Gasteiger partial charge >= 0.3 is 0 Å². The van der Waals surface area contributed by atoms with Crippen LogP contribution < -0.4 is 10.5 Å². The fourth-order valence-electron chi connectivity index (χ4n) is 2.06. The third-order valence-corrected chi connectivity index (χ3v) is 2.73. The number of nitrogens with zero attached hydrogens (tertiary/aromatic N) is 1. The highest BCUT2D eigenvalue weighted by atomic mass is 16.5. The summed E-state index contributed by atoms with van der Waals surface area (Å²) in [5.74, 6) is 1.39. The van der Waals surface area contributed by atoms with E-state index in [1.165, 1.54) is 11.1 Å². The number of benzene rings is 1. The second kappa shape index (κ2) is 4.45. The van der Waals surface area contributed by atoms with Crippen LogP contribution in [0.25, 0.3) is 11.1 Å². The fourth-order valence-corrected chi connectivity index (χ4v) is 2.06. The lowest BCUT2D eigenvalue weighted by atomic mass is 9.98. The summed E-state index contributed by atoms with van der Waals surface area (Å²) in [6, 6.07) is 7.96. The van der Waals surface area contributed by atoms with E-state index >= 15 is 0 Å². The molecular formula is C14H16N2O. The number of aromatic nitrogens is 1. The number of aryl methyl sites for hydroxylation is 2. The minimum atomic E-state index is 0.518. The molecule has 0 bridgehead atoms. The van der Waals surface area contributed by atoms with Gasteiger partial charge in [0.05, 0.1) is 7.11 Å². The van der Waals surface area contributed by atoms with Gasteiger partial charge in [-0.1, -0.05) is 6.07 Å². The molecule has 0 aliphatic rings. The summed E-state index contributed by atoms with van der Waals surface area (Å²) in [6.45, 7) is 4.13. The van der Waals surface area contributed by atoms with Gasteiger partial charge in [0.25, 0.3) is 0 Å². The lowest BCUT2D eigenvalue weighted by Gasteiger charge is -2.13. The molecule has 0 aliphatic heterocycles. The molecule has 17 heavy (non-hydrogen) atoms. The summed E-state index contributed by atoms with van der Waals surface area (Å²) < 4.78 is 5.44. The van der Waals surface area contributed by atoms with Gasteiger partial charge < -0.3 is 10.5 Å². The van der Waals surface area contributed by atoms with Crippen molar-refractivity contribution in [1.82, 2.24) is 4.98 Å². The maximum atomic E-state index is 5.72. The van der Waals surface area contributed by atoms with Crippen LogP contribution in [-0.2, 0) is 0 Å². The summed E-state index contributed by atoms with van der Waals surface area (Å²) in [5.41, 5.74) is 10.2. The van der Waals surface area contributed by atoms with Crippen LogP contribution in [0.2, 0.25) is 0 Å². The predicted octanol–water partition coefficient (Wildman–Crippen LogP) is 2.96. The number of anilines is 1. The van der Waals surface area contributed by atoms with Crippen molar-refractivity contribution >= 4 is 5.82 Å². The first-order valence-electron chi connectivity index (χ1n) is 5.49. The number of methoxy groups -OCH3 is 1. The van der Waals surface area contributed by atoms with E-state index in [1.807, 2.05) is 18.2 Å². The van der Waals surface area contributed by atoms with Crippen molar-refractivity contribution in [2.45, 2.75) is 13.8 Å². The number of rotatable bonds is 2. The molecule has 0 atom stereocenters. The van der Waals surface area contributed by atoms with Crippen LogP contribution in [0.15, 0.2) is 30.5 Å². The Labute approximate surface area is 101 Å². The van der Waals surface area contributed by atoms with Crippen LogP contribution in [0.5, 0.6) is 5.75 Å². The van der Waals surface area contributed by atoms with Crippen molar-refractivity contribution in [1.29, 1.82) is 0 Å². The van der Waals surface area contributed by atoms with Gasteiger partial charge in [0.15, 0.2) is 0 Å². The number of ether oxygens (including phenoxy) is 1. The predicted molar refractivity (Wildman–Crippen MR) is 70.1 cm³/mol. The maximum absolute atomic E-state index is 5.72. The monoisotopic (exact) mass is 228 g/mol. The van der Waals surface area contributed by atoms with Gasteiger partial charge in [-0.05, 0) is 48.7 Å². The standard InChI is InChI=1S/C14H16N2O/c1-9-6-10(2)14(12(7-9)17-3)11-4-5-16-13(15)8-11/h4-8H,1-3H3,(H2,15,16). The average molecular weight is 228 g/mol. The van der Waals surface area contributed by atoms with Gasteiger partial charge in [-0.2, -0.15) is 0 Å². The first-order valence-corrected chi connectivity index (χ1v) is 5.49. The van der Waals surface area contributed by atoms with Gasteiger partial charge in [-0.15, -0.1) is 0 Å². The number of hydrogen-bond acceptors (Lipinski definition) is 3. The summed E-state index contributed by atoms with van der Waals surface area (Å²) >= 11 is 0. The Morgan fingerprint density at radius 3 is 2.59 bits per heavy atom. The van der Waals surface area contributed by atoms with E-state index in [2.05, 4.69) is 24.9 Å². The van der Waals surface area contributed by atoms with E-state index in [9.17, 15) is 0 Å². The first kappa shape index (κ1) is 11.5. The van der Waals surface area contributed by atoms with Gasteiger partial charge in [0, 0.05) is 11.8 Å². The van der Waals surface area contributed by atoms with Crippen molar-refractivity contribution in [3.8, 4) is 16.9 Å². The lowest BCUT2D eigenvalue weighted by molar-refractivity contribution is 0.416. The summed E-state index contributed by atoms with van der Waals surface area (Å²) in [4.78, 5) is 4.01. The molecule has 0 unspecified atom stereocenters. The van der Waals surface area contributed by atoms with Crippen LogP contribution in [0.1, 0.15) is 11.1 Å². The van der Waals surface area contributed by atoms with Crippen LogP contribution >= 0.6 is 0 Å². The number of nitrogen functional groups attached to an aromatic ring is 1. The molecule has 0 saturated carbocycles. The van der Waals surface area contributed by atoms with E-state index in [-0.39, 0.29) is 0 Å². The molecule has 1 heterocycles. The zero-order valence-electron chi connectivity index (χ0n) is 10.3. The highest BCUT2D eigenvalue weighted by Crippen LogP contribution is 2.34. The largest absolute Gasteiger partial charge is 0.496 e. The molecule has 3 nitrogen and oxygen atoms in total. The van der Waals surface area contributed by atoms with Gasteiger partial charge in [-0.25, -0.2) is 4.98 Å². The molecule has 88 valence electrons. The topological polar surface area (TPSA) is 48.1 Å². The average Bonchev–Trinajstić information content (AvgIpc) is 2.27. The smallest absolute Gasteiger partial charge is 0.127 e. The Hall–Kier alpha value is -2.03. The van der Waals surface area contributed by atoms with E-state index in [4.69, 9.17) is 10.5 Å². The third-order valence-electron chi connectivity index (χ3n) is 2.73. The van der Waals surface area contributed by atoms with Gasteiger partial charge in [0.1, 0.15) is 11.6 Å². The molecule has 0 fully saturated rings. The Morgan fingerprint density at radius 1 is 1.18 bits per heavy atom. The molecule has 0 radical (unpaired) electrons. The molecule has 2 aromatic rings. The van der Waals surface area contributed by atoms with Crippen molar-refractivity contribution in [3.05, 3.63) is 41.6 Å². The summed E-state index contributed by atoms with van der Waals surface area (Å²) in [6.07, 6.45) is 1.71. The molecule has 0 aliphatic carbocycles. The molecule has 0 spiro atoms. The second-order valence-electron chi connectivity index (χ2n) is 4.13. The van der Waals surface area contributed by atoms with Crippen LogP contribution in [0, 0.1) is 13.8 Å². The van der Waals surface area contributed by atoms with Crippen LogP contribution in [-0.4, -0.2) is 12.1 Å². The first-order chi connectivity index (χ1) is 8.11. The molecule has 2 N–H and O–H groups in total. The minimum Gasteiger partial charge on any atom is -0.496 e. The van der Waals surface area contributed by atoms with Gasteiger partial charge in [0.2, 0.25) is 0 Å². The Bertz CT molecular complexity index is 550. The molecular weight excluding hydrogens is 212 g/mol. The van der Waals surface area contributed by atoms with E-state index in [0.29, 0.717) is 5.82 Å². The zero-order valence-corrected chi connectivity index (χ0v) is 10.3. The van der Waals surface area contributed by atoms with E-state index in [0.717, 1.165) is 16.9 Å². The fraction of sp³-hybridized carbons (Fsp3) is 0.214. The highest BCUT2D eigenvalue weighted by Gasteiger charge is 2.10. The van der Waals surface area contributed by atoms with E-state index < -0.39 is 0 Å². The van der Waals surface area contributed by atoms with Crippen LogP contribution in [0.3, 0.4) is 0 Å². The van der Waals surface area contributed by atoms with E-state index in [1.54, 1.807) is 13.3 Å². The van der Waals surface area contributed by atoms with Crippen molar-refractivity contribution in [2.24, 2.45) is 0 Å². The highest BCUT2D eigenvalue weighted by molar-refractivity contribution is 5.75. The Morgan fingerprint density at radius 2 is 1.94 bits per heavy atom. The molecule has 0 saturated heterocycles. The van der Waals surface area contributed by atoms with Gasteiger partial charge in [-0.3, -0.25) is 0 Å². The Balaban J connectivity index is 2.66. The van der Waals surface area contributed by atoms with Crippen molar-refractivity contribution in [2.75, 3.05) is 12.8 Å². The Kier molecular flexibility index (Phi) is 3.00. The quantitative estimate of drug-likeness (QED) is 0.859. The molecule has 3 heteroatoms. The molecule has 2 rings (SSSR count). The SMILES string of the molecule is COc1cc(C)cc(C)c1-c1ccnc(N)c1. The zero-order chi connectivity index (χ0) is 12.4. The number of pyridine rings is 1. The van der Waals surface area contributed by atoms with Crippen LogP contribution in [0.4, 0.5) is 5.82 Å². The minimum absolute atomic E-state index is 0.518. The second-order valence-corrected chi connectivity index (χ2v) is 4.13. The lowest BCUT2D eigenvalue weighted by Crippen LogP contribution is -1.95. The summed E-state index contributed by atoms with van der Waals surface area (Å²) in [7, 11) is 1.68. The summed E-state index contributed by atoms with van der Waals surface area (Å²) in [5, 5.41) is 0. The third kappa shape index (κ3) is 2.23. The number of hydrogen-bond donors (Lipinski definition) is 1. The molecule has 1 aromatic heterocycles. The molecule has 0 amide bonds. The normalized spacial score (nSPS) is 10.3. The van der Waals surface area contributed by atoms with Crippen molar-refractivity contribution in [3.63, 3.8) is 0 Å². The van der Waals surface area contributed by atoms with Crippen molar-refractivity contribution < 1.29 is 4.74 Å². The maximum Gasteiger partial charge on any atom is 0.127 e.